The SMILES string of the molecule is C=CC.CCN(CCO)CCCOc1cc2c(Nc3cccc(Cl)c3)ncnc2cc1P(C)(C)=O. The molecule has 0 saturated carbocycles. The molecule has 1 heterocycles. The minimum absolute atomic E-state index is 0.140. The molecule has 0 bridgehead atoms. The lowest BCUT2D eigenvalue weighted by Crippen LogP contribution is -2.28. The Balaban J connectivity index is 0.00000137. The molecule has 7 nitrogen and oxygen atoms in total. The van der Waals surface area contributed by atoms with E-state index in [2.05, 4.69) is 33.7 Å². The van der Waals surface area contributed by atoms with E-state index in [9.17, 15) is 4.57 Å². The fourth-order valence-corrected chi connectivity index (χ4v) is 4.73. The van der Waals surface area contributed by atoms with Crippen LogP contribution in [0.4, 0.5) is 11.5 Å². The number of anilines is 2. The first kappa shape index (κ1) is 28.8. The van der Waals surface area contributed by atoms with Crippen LogP contribution in [0.15, 0.2) is 55.4 Å². The van der Waals surface area contributed by atoms with Gasteiger partial charge in [-0.05, 0) is 63.6 Å². The Morgan fingerprint density at radius 1 is 1.23 bits per heavy atom. The van der Waals surface area contributed by atoms with Crippen LogP contribution >= 0.6 is 18.7 Å². The van der Waals surface area contributed by atoms with Crippen LogP contribution < -0.4 is 15.4 Å². The summed E-state index contributed by atoms with van der Waals surface area (Å²) in [7, 11) is -2.60. The number of halogens is 1. The Morgan fingerprint density at radius 2 is 1.97 bits per heavy atom. The zero-order chi connectivity index (χ0) is 25.8. The summed E-state index contributed by atoms with van der Waals surface area (Å²) in [6.45, 7) is 13.7. The van der Waals surface area contributed by atoms with Gasteiger partial charge in [0.2, 0.25) is 0 Å². The highest BCUT2D eigenvalue weighted by Crippen LogP contribution is 2.40. The van der Waals surface area contributed by atoms with Crippen LogP contribution in [0.25, 0.3) is 10.9 Å². The lowest BCUT2D eigenvalue weighted by molar-refractivity contribution is 0.189. The van der Waals surface area contributed by atoms with Gasteiger partial charge in [0.1, 0.15) is 25.0 Å². The highest BCUT2D eigenvalue weighted by molar-refractivity contribution is 7.70. The fourth-order valence-electron chi connectivity index (χ4n) is 3.45. The van der Waals surface area contributed by atoms with Crippen LogP contribution in [0.1, 0.15) is 20.3 Å². The molecule has 35 heavy (non-hydrogen) atoms. The van der Waals surface area contributed by atoms with Crippen molar-refractivity contribution in [2.24, 2.45) is 0 Å². The second-order valence-electron chi connectivity index (χ2n) is 8.31. The van der Waals surface area contributed by atoms with Crippen LogP contribution in [0.5, 0.6) is 5.75 Å². The van der Waals surface area contributed by atoms with Gasteiger partial charge in [-0.3, -0.25) is 0 Å². The molecule has 190 valence electrons. The molecule has 0 aliphatic heterocycles. The van der Waals surface area contributed by atoms with Gasteiger partial charge < -0.3 is 24.6 Å². The van der Waals surface area contributed by atoms with E-state index in [0.717, 1.165) is 30.6 Å². The van der Waals surface area contributed by atoms with E-state index in [1.807, 2.05) is 43.3 Å². The molecule has 0 aliphatic rings. The predicted molar refractivity (Wildman–Crippen MR) is 149 cm³/mol. The van der Waals surface area contributed by atoms with Crippen molar-refractivity contribution in [1.82, 2.24) is 14.9 Å². The summed E-state index contributed by atoms with van der Waals surface area (Å²) < 4.78 is 19.1. The molecule has 0 amide bonds. The minimum Gasteiger partial charge on any atom is -0.493 e. The third-order valence-electron chi connectivity index (χ3n) is 5.12. The number of nitrogens with zero attached hydrogens (tertiary/aromatic N) is 3. The van der Waals surface area contributed by atoms with Gasteiger partial charge in [0.05, 0.1) is 24.0 Å². The van der Waals surface area contributed by atoms with Gasteiger partial charge in [-0.1, -0.05) is 30.7 Å². The molecule has 0 spiro atoms. The Bertz CT molecular complexity index is 1150. The Kier molecular flexibility index (Phi) is 11.7. The first-order chi connectivity index (χ1) is 16.7. The van der Waals surface area contributed by atoms with E-state index in [1.165, 1.54) is 6.33 Å². The Morgan fingerprint density at radius 3 is 2.60 bits per heavy atom. The standard InChI is InChI=1S/C23H30ClN4O3P.C3H6/c1-4-28(10-11-29)9-6-12-31-21-14-19-20(15-22(21)32(2,3)30)25-16-26-23(19)27-18-8-5-7-17(24)13-18;1-3-2/h5,7-8,13-16,29H,4,6,9-12H2,1-3H3,(H,25,26,27);3H,1H2,2H3. The number of rotatable bonds is 11. The molecular formula is C26H36ClN4O3P. The van der Waals surface area contributed by atoms with Crippen molar-refractivity contribution in [3.63, 3.8) is 0 Å². The number of likely N-dealkylation sites (N-methyl/N-ethyl adjacent to an activating group) is 1. The Hall–Kier alpha value is -2.44. The molecule has 1 aromatic heterocycles. The molecule has 0 aliphatic carbocycles. The molecule has 0 atom stereocenters. The minimum atomic E-state index is -2.60. The van der Waals surface area contributed by atoms with Gasteiger partial charge in [0.15, 0.2) is 0 Å². The molecule has 0 radical (unpaired) electrons. The van der Waals surface area contributed by atoms with Crippen LogP contribution in [0, 0.1) is 0 Å². The van der Waals surface area contributed by atoms with E-state index in [0.29, 0.717) is 40.6 Å². The first-order valence-electron chi connectivity index (χ1n) is 11.6. The number of hydrogen-bond acceptors (Lipinski definition) is 7. The maximum atomic E-state index is 13.0. The number of hydrogen-bond donors (Lipinski definition) is 2. The third-order valence-corrected chi connectivity index (χ3v) is 6.87. The van der Waals surface area contributed by atoms with E-state index in [-0.39, 0.29) is 6.61 Å². The summed E-state index contributed by atoms with van der Waals surface area (Å²) in [6.07, 6.45) is 4.03. The molecule has 2 aromatic carbocycles. The van der Waals surface area contributed by atoms with E-state index < -0.39 is 7.14 Å². The van der Waals surface area contributed by atoms with Crippen molar-refractivity contribution in [2.75, 3.05) is 51.5 Å². The molecule has 0 unspecified atom stereocenters. The van der Waals surface area contributed by atoms with Gasteiger partial charge >= 0.3 is 0 Å². The third kappa shape index (κ3) is 8.93. The number of nitrogens with one attached hydrogen (secondary N) is 1. The lowest BCUT2D eigenvalue weighted by Gasteiger charge is -2.20. The molecular weight excluding hydrogens is 483 g/mol. The zero-order valence-corrected chi connectivity index (χ0v) is 22.6. The number of aromatic nitrogens is 2. The van der Waals surface area contributed by atoms with Crippen molar-refractivity contribution in [2.45, 2.75) is 20.3 Å². The summed E-state index contributed by atoms with van der Waals surface area (Å²) in [5.41, 5.74) is 1.50. The quantitative estimate of drug-likeness (QED) is 0.195. The fraction of sp³-hybridized carbons (Fsp3) is 0.385. The molecule has 3 aromatic rings. The first-order valence-corrected chi connectivity index (χ1v) is 14.6. The van der Waals surface area contributed by atoms with Gasteiger partial charge in [-0.25, -0.2) is 9.97 Å². The summed E-state index contributed by atoms with van der Waals surface area (Å²) in [6, 6.07) is 11.1. The monoisotopic (exact) mass is 518 g/mol. The van der Waals surface area contributed by atoms with Crippen molar-refractivity contribution in [1.29, 1.82) is 0 Å². The number of benzene rings is 2. The molecule has 0 saturated heterocycles. The highest BCUT2D eigenvalue weighted by Gasteiger charge is 2.20. The van der Waals surface area contributed by atoms with Crippen LogP contribution in [-0.4, -0.2) is 66.2 Å². The smallest absolute Gasteiger partial charge is 0.141 e. The topological polar surface area (TPSA) is 87.6 Å². The van der Waals surface area contributed by atoms with Gasteiger partial charge in [-0.2, -0.15) is 0 Å². The predicted octanol–water partition coefficient (Wildman–Crippen LogP) is 5.55. The maximum Gasteiger partial charge on any atom is 0.141 e. The summed E-state index contributed by atoms with van der Waals surface area (Å²) in [5.74, 6) is 1.20. The molecule has 9 heteroatoms. The second kappa shape index (κ2) is 14.2. The number of fused-ring (bicyclic) bond motifs is 1. The number of aliphatic hydroxyl groups is 1. The normalized spacial score (nSPS) is 11.2. The maximum absolute atomic E-state index is 13.0. The highest BCUT2D eigenvalue weighted by atomic mass is 35.5. The number of aliphatic hydroxyl groups excluding tert-OH is 1. The van der Waals surface area contributed by atoms with Crippen molar-refractivity contribution >= 4 is 46.5 Å². The summed E-state index contributed by atoms with van der Waals surface area (Å²) in [5, 5.41) is 14.5. The summed E-state index contributed by atoms with van der Waals surface area (Å²) in [4.78, 5) is 10.9. The van der Waals surface area contributed by atoms with E-state index >= 15 is 0 Å². The van der Waals surface area contributed by atoms with E-state index in [1.54, 1.807) is 19.4 Å². The molecule has 2 N–H and O–H groups in total. The van der Waals surface area contributed by atoms with Gasteiger partial charge in [-0.15, -0.1) is 6.58 Å². The van der Waals surface area contributed by atoms with Crippen molar-refractivity contribution < 1.29 is 14.4 Å². The van der Waals surface area contributed by atoms with Crippen molar-refractivity contribution in [3.05, 3.63) is 60.4 Å². The summed E-state index contributed by atoms with van der Waals surface area (Å²) >= 11 is 6.11. The number of allylic oxidation sites excluding steroid dienone is 1. The van der Waals surface area contributed by atoms with Gasteiger partial charge in [0, 0.05) is 29.2 Å². The average Bonchev–Trinajstić information content (AvgIpc) is 2.81. The molecule has 3 rings (SSSR count). The van der Waals surface area contributed by atoms with Crippen LogP contribution in [0.2, 0.25) is 5.02 Å². The largest absolute Gasteiger partial charge is 0.493 e. The van der Waals surface area contributed by atoms with Gasteiger partial charge in [0.25, 0.3) is 0 Å². The second-order valence-corrected chi connectivity index (χ2v) is 11.9. The zero-order valence-electron chi connectivity index (χ0n) is 21.0. The average molecular weight is 519 g/mol. The van der Waals surface area contributed by atoms with Crippen molar-refractivity contribution in [3.8, 4) is 5.75 Å². The van der Waals surface area contributed by atoms with Crippen LogP contribution in [-0.2, 0) is 4.57 Å². The molecule has 0 fully saturated rings. The van der Waals surface area contributed by atoms with Crippen LogP contribution in [0.3, 0.4) is 0 Å². The Labute approximate surface area is 213 Å². The van der Waals surface area contributed by atoms with E-state index in [4.69, 9.17) is 21.4 Å². The number of ether oxygens (including phenoxy) is 1. The lowest BCUT2D eigenvalue weighted by atomic mass is 10.2.